The molecule has 0 unspecified atom stereocenters. The molecule has 2 rings (SSSR count). The molecule has 0 bridgehead atoms. The van der Waals surface area contributed by atoms with E-state index in [1.165, 1.54) is 9.87 Å². The number of carbonyl (C=O) groups is 1. The van der Waals surface area contributed by atoms with Gasteiger partial charge in [0.1, 0.15) is 0 Å². The number of rotatable bonds is 5. The van der Waals surface area contributed by atoms with Crippen LogP contribution in [-0.2, 0) is 21.4 Å². The van der Waals surface area contributed by atoms with Crippen LogP contribution < -0.4 is 16.2 Å². The Hall–Kier alpha value is -1.71. The van der Waals surface area contributed by atoms with Crippen molar-refractivity contribution >= 4 is 33.3 Å². The smallest absolute Gasteiger partial charge is 0.242 e. The summed E-state index contributed by atoms with van der Waals surface area (Å²) in [5.41, 5.74) is 7.53. The summed E-state index contributed by atoms with van der Waals surface area (Å²) >= 11 is 5.16. The fraction of sp³-hybridized carbons (Fsp3) is 0.529. The zero-order valence-corrected chi connectivity index (χ0v) is 16.8. The Morgan fingerprint density at radius 1 is 1.27 bits per heavy atom. The molecule has 1 heterocycles. The van der Waals surface area contributed by atoms with Crippen LogP contribution in [0.25, 0.3) is 0 Å². The molecule has 3 N–H and O–H groups in total. The minimum atomic E-state index is -3.27. The quantitative estimate of drug-likeness (QED) is 0.507. The van der Waals surface area contributed by atoms with Crippen LogP contribution in [0.5, 0.6) is 0 Å². The van der Waals surface area contributed by atoms with Gasteiger partial charge in [0.05, 0.1) is 11.7 Å². The number of hydrazine groups is 1. The van der Waals surface area contributed by atoms with Crippen molar-refractivity contribution in [2.45, 2.75) is 33.2 Å². The molecule has 1 aromatic carbocycles. The van der Waals surface area contributed by atoms with Gasteiger partial charge in [-0.05, 0) is 44.5 Å². The van der Waals surface area contributed by atoms with Gasteiger partial charge in [-0.3, -0.25) is 15.6 Å². The minimum Gasteiger partial charge on any atom is -0.357 e. The Balaban J connectivity index is 1.76. The molecule has 1 aliphatic rings. The van der Waals surface area contributed by atoms with Crippen molar-refractivity contribution in [2.75, 3.05) is 18.8 Å². The summed E-state index contributed by atoms with van der Waals surface area (Å²) in [7, 11) is -3.27. The number of benzene rings is 1. The molecule has 26 heavy (non-hydrogen) atoms. The van der Waals surface area contributed by atoms with E-state index in [1.807, 2.05) is 31.2 Å². The second kappa shape index (κ2) is 9.29. The number of sulfonamides is 1. The third kappa shape index (κ3) is 5.93. The van der Waals surface area contributed by atoms with E-state index in [2.05, 4.69) is 16.2 Å². The summed E-state index contributed by atoms with van der Waals surface area (Å²) in [6.07, 6.45) is 1.33. The Bertz CT molecular complexity index is 735. The van der Waals surface area contributed by atoms with E-state index >= 15 is 0 Å². The topological polar surface area (TPSA) is 90.5 Å². The molecule has 1 aliphatic heterocycles. The van der Waals surface area contributed by atoms with Crippen LogP contribution in [0.4, 0.5) is 0 Å². The lowest BCUT2D eigenvalue weighted by Gasteiger charge is -2.30. The molecule has 1 amide bonds. The number of hydrogen-bond donors (Lipinski definition) is 3. The van der Waals surface area contributed by atoms with Gasteiger partial charge in [0.2, 0.25) is 15.9 Å². The molecule has 1 saturated heterocycles. The number of piperidine rings is 1. The normalized spacial score (nSPS) is 18.2. The predicted octanol–water partition coefficient (Wildman–Crippen LogP) is 1.05. The van der Waals surface area contributed by atoms with Crippen LogP contribution in [-0.4, -0.2) is 42.6 Å². The van der Waals surface area contributed by atoms with Crippen LogP contribution >= 0.6 is 12.2 Å². The maximum absolute atomic E-state index is 12.3. The van der Waals surface area contributed by atoms with Gasteiger partial charge in [0, 0.05) is 19.6 Å². The van der Waals surface area contributed by atoms with E-state index in [4.69, 9.17) is 12.2 Å². The molecule has 144 valence electrons. The van der Waals surface area contributed by atoms with Gasteiger partial charge in [0.25, 0.3) is 0 Å². The number of thiocarbonyl (C=S) groups is 1. The SMILES string of the molecule is CCS(=O)(=O)N1CCC[C@@H](C(=O)NNC(=S)NCc2ccc(C)cc2)C1. The first-order valence-corrected chi connectivity index (χ1v) is 10.7. The van der Waals surface area contributed by atoms with Gasteiger partial charge in [-0.25, -0.2) is 12.7 Å². The standard InChI is InChI=1S/C17H26N4O3S2/c1-3-26(23,24)21-10-4-5-15(12-21)16(22)19-20-17(25)18-11-14-8-6-13(2)7-9-14/h6-9,15H,3-5,10-12H2,1-2H3,(H,19,22)(H2,18,20,25)/t15-/m1/s1. The molecule has 0 radical (unpaired) electrons. The molecule has 1 fully saturated rings. The van der Waals surface area contributed by atoms with Crippen molar-refractivity contribution in [1.29, 1.82) is 0 Å². The van der Waals surface area contributed by atoms with Gasteiger partial charge < -0.3 is 5.32 Å². The van der Waals surface area contributed by atoms with Gasteiger partial charge in [-0.15, -0.1) is 0 Å². The summed E-state index contributed by atoms with van der Waals surface area (Å²) in [6.45, 7) is 4.88. The largest absolute Gasteiger partial charge is 0.357 e. The fourth-order valence-corrected chi connectivity index (χ4v) is 4.05. The van der Waals surface area contributed by atoms with Gasteiger partial charge in [-0.2, -0.15) is 0 Å². The second-order valence-electron chi connectivity index (χ2n) is 6.38. The molecule has 1 aromatic rings. The number of nitrogens with one attached hydrogen (secondary N) is 3. The average Bonchev–Trinajstić information content (AvgIpc) is 2.65. The molecule has 0 aromatic heterocycles. The first-order valence-electron chi connectivity index (χ1n) is 8.69. The van der Waals surface area contributed by atoms with Gasteiger partial charge in [-0.1, -0.05) is 29.8 Å². The summed E-state index contributed by atoms with van der Waals surface area (Å²) < 4.78 is 25.4. The first kappa shape index (κ1) is 20.6. The van der Waals surface area contributed by atoms with Crippen LogP contribution in [0, 0.1) is 12.8 Å². The first-order chi connectivity index (χ1) is 12.3. The van der Waals surface area contributed by atoms with Crippen LogP contribution in [0.1, 0.15) is 30.9 Å². The highest BCUT2D eigenvalue weighted by atomic mass is 32.2. The highest BCUT2D eigenvalue weighted by Gasteiger charge is 2.31. The Kier molecular flexibility index (Phi) is 7.36. The van der Waals surface area contributed by atoms with Crippen molar-refractivity contribution in [3.05, 3.63) is 35.4 Å². The van der Waals surface area contributed by atoms with Crippen molar-refractivity contribution in [1.82, 2.24) is 20.5 Å². The zero-order valence-electron chi connectivity index (χ0n) is 15.1. The fourth-order valence-electron chi connectivity index (χ4n) is 2.74. The van der Waals surface area contributed by atoms with E-state index < -0.39 is 10.0 Å². The highest BCUT2D eigenvalue weighted by molar-refractivity contribution is 7.89. The van der Waals surface area contributed by atoms with Crippen molar-refractivity contribution in [3.8, 4) is 0 Å². The van der Waals surface area contributed by atoms with Gasteiger partial charge >= 0.3 is 0 Å². The molecule has 0 aliphatic carbocycles. The zero-order chi connectivity index (χ0) is 19.2. The van der Waals surface area contributed by atoms with Crippen LogP contribution in [0.3, 0.4) is 0 Å². The highest BCUT2D eigenvalue weighted by Crippen LogP contribution is 2.19. The average molecular weight is 399 g/mol. The van der Waals surface area contributed by atoms with Crippen molar-refractivity contribution < 1.29 is 13.2 Å². The van der Waals surface area contributed by atoms with Crippen molar-refractivity contribution in [3.63, 3.8) is 0 Å². The molecular formula is C17H26N4O3S2. The number of carbonyl (C=O) groups excluding carboxylic acids is 1. The molecule has 0 spiro atoms. The maximum Gasteiger partial charge on any atom is 0.242 e. The summed E-state index contributed by atoms with van der Waals surface area (Å²) in [4.78, 5) is 12.3. The molecule has 9 heteroatoms. The Morgan fingerprint density at radius 3 is 2.62 bits per heavy atom. The van der Waals surface area contributed by atoms with Crippen molar-refractivity contribution in [2.24, 2.45) is 5.92 Å². The number of nitrogens with zero attached hydrogens (tertiary/aromatic N) is 1. The van der Waals surface area contributed by atoms with E-state index in [1.54, 1.807) is 6.92 Å². The molecule has 7 nitrogen and oxygen atoms in total. The lowest BCUT2D eigenvalue weighted by Crippen LogP contribution is -2.52. The summed E-state index contributed by atoms with van der Waals surface area (Å²) in [6, 6.07) is 8.06. The number of hydrogen-bond acceptors (Lipinski definition) is 4. The lowest BCUT2D eigenvalue weighted by atomic mass is 9.99. The lowest BCUT2D eigenvalue weighted by molar-refractivity contribution is -0.126. The third-order valence-corrected chi connectivity index (χ3v) is 6.48. The van der Waals surface area contributed by atoms with Gasteiger partial charge in [0.15, 0.2) is 5.11 Å². The van der Waals surface area contributed by atoms with E-state index in [9.17, 15) is 13.2 Å². The Morgan fingerprint density at radius 2 is 1.96 bits per heavy atom. The minimum absolute atomic E-state index is 0.0482. The van der Waals surface area contributed by atoms with Crippen LogP contribution in [0.15, 0.2) is 24.3 Å². The summed E-state index contributed by atoms with van der Waals surface area (Å²) in [5.74, 6) is -0.579. The number of amides is 1. The number of aryl methyl sites for hydroxylation is 1. The third-order valence-electron chi connectivity index (χ3n) is 4.39. The molecule has 1 atom stereocenters. The maximum atomic E-state index is 12.3. The Labute approximate surface area is 160 Å². The molecule has 0 saturated carbocycles. The predicted molar refractivity (Wildman–Crippen MR) is 106 cm³/mol. The monoisotopic (exact) mass is 398 g/mol. The van der Waals surface area contributed by atoms with Crippen LogP contribution in [0.2, 0.25) is 0 Å². The molecular weight excluding hydrogens is 372 g/mol. The van der Waals surface area contributed by atoms with E-state index in [0.717, 1.165) is 5.56 Å². The summed E-state index contributed by atoms with van der Waals surface area (Å²) in [5, 5.41) is 3.33. The second-order valence-corrected chi connectivity index (χ2v) is 9.05. The van der Waals surface area contributed by atoms with E-state index in [-0.39, 0.29) is 24.1 Å². The van der Waals surface area contributed by atoms with E-state index in [0.29, 0.717) is 31.0 Å².